The largest absolute Gasteiger partial charge is 0.390 e. The molecule has 1 aromatic rings. The number of carbonyl (C=O) groups is 1. The van der Waals surface area contributed by atoms with Crippen molar-refractivity contribution in [2.45, 2.75) is 69.4 Å². The Labute approximate surface area is 150 Å². The molecule has 1 saturated heterocycles. The molecule has 136 valence electrons. The fraction of sp³-hybridized carbons (Fsp3) is 0.667. The van der Waals surface area contributed by atoms with Crippen molar-refractivity contribution in [1.82, 2.24) is 4.90 Å². The van der Waals surface area contributed by atoms with Gasteiger partial charge < -0.3 is 15.7 Å². The number of nitrogens with two attached hydrogens (primary N) is 1. The number of rotatable bonds is 1. The van der Waals surface area contributed by atoms with E-state index in [0.29, 0.717) is 5.91 Å². The highest BCUT2D eigenvalue weighted by atomic mass is 16.3. The fourth-order valence-electron chi connectivity index (χ4n) is 5.52. The van der Waals surface area contributed by atoms with Crippen LogP contribution in [0.3, 0.4) is 0 Å². The molecule has 4 nitrogen and oxygen atoms in total. The Kier molecular flexibility index (Phi) is 4.16. The third kappa shape index (κ3) is 2.53. The van der Waals surface area contributed by atoms with Crippen molar-refractivity contribution >= 4 is 5.91 Å². The van der Waals surface area contributed by atoms with E-state index in [1.165, 1.54) is 24.8 Å². The lowest BCUT2D eigenvalue weighted by molar-refractivity contribution is -0.145. The van der Waals surface area contributed by atoms with Gasteiger partial charge >= 0.3 is 0 Å². The molecule has 0 unspecified atom stereocenters. The number of hydrogen-bond donors (Lipinski definition) is 2. The molecular formula is C21H30N2O2. The average Bonchev–Trinajstić information content (AvgIpc) is 2.85. The second-order valence-corrected chi connectivity index (χ2v) is 8.63. The molecule has 1 aliphatic heterocycles. The molecule has 1 amide bonds. The SMILES string of the molecule is CC1(C(=O)N2CCC3(CC2)c2ccccc2[C@@H](N)[C@@H]3O)CCCCC1. The molecule has 1 aromatic carbocycles. The predicted octanol–water partition coefficient (Wildman–Crippen LogP) is 2.89. The highest BCUT2D eigenvalue weighted by Crippen LogP contribution is 2.50. The van der Waals surface area contributed by atoms with Gasteiger partial charge in [-0.2, -0.15) is 0 Å². The highest BCUT2D eigenvalue weighted by molar-refractivity contribution is 5.82. The molecule has 1 spiro atoms. The first-order valence-electron chi connectivity index (χ1n) is 9.80. The molecular weight excluding hydrogens is 312 g/mol. The Balaban J connectivity index is 1.53. The Morgan fingerprint density at radius 1 is 1.12 bits per heavy atom. The first-order chi connectivity index (χ1) is 12.0. The number of fused-ring (bicyclic) bond motifs is 2. The number of hydrogen-bond acceptors (Lipinski definition) is 3. The number of nitrogens with zero attached hydrogens (tertiary/aromatic N) is 1. The minimum atomic E-state index is -0.549. The summed E-state index contributed by atoms with van der Waals surface area (Å²) in [5.74, 6) is 0.326. The maximum absolute atomic E-state index is 13.1. The van der Waals surface area contributed by atoms with Gasteiger partial charge in [0.25, 0.3) is 0 Å². The molecule has 0 radical (unpaired) electrons. The number of aliphatic hydroxyl groups is 1. The van der Waals surface area contributed by atoms with Crippen molar-refractivity contribution in [2.24, 2.45) is 11.1 Å². The van der Waals surface area contributed by atoms with Crippen LogP contribution in [-0.2, 0) is 10.2 Å². The van der Waals surface area contributed by atoms with Crippen LogP contribution >= 0.6 is 0 Å². The standard InChI is InChI=1S/C21H30N2O2/c1-20(9-5-2-6-10-20)19(25)23-13-11-21(12-14-23)16-8-4-3-7-15(16)17(22)18(21)24/h3-4,7-8,17-18,24H,2,5-6,9-14,22H2,1H3/t17-,18+/m1/s1. The lowest BCUT2D eigenvalue weighted by Gasteiger charge is -2.45. The molecule has 4 heteroatoms. The van der Waals surface area contributed by atoms with Gasteiger partial charge in [-0.1, -0.05) is 50.5 Å². The predicted molar refractivity (Wildman–Crippen MR) is 98.1 cm³/mol. The second-order valence-electron chi connectivity index (χ2n) is 8.63. The Morgan fingerprint density at radius 2 is 1.76 bits per heavy atom. The number of aliphatic hydroxyl groups excluding tert-OH is 1. The fourth-order valence-corrected chi connectivity index (χ4v) is 5.52. The lowest BCUT2D eigenvalue weighted by atomic mass is 9.70. The van der Waals surface area contributed by atoms with E-state index in [2.05, 4.69) is 17.9 Å². The zero-order chi connectivity index (χ0) is 17.7. The molecule has 25 heavy (non-hydrogen) atoms. The third-order valence-corrected chi connectivity index (χ3v) is 7.18. The molecule has 3 aliphatic rings. The summed E-state index contributed by atoms with van der Waals surface area (Å²) in [4.78, 5) is 15.2. The zero-order valence-corrected chi connectivity index (χ0v) is 15.2. The van der Waals surface area contributed by atoms with Crippen molar-refractivity contribution in [2.75, 3.05) is 13.1 Å². The second kappa shape index (κ2) is 6.10. The number of amides is 1. The van der Waals surface area contributed by atoms with Crippen LogP contribution in [0.5, 0.6) is 0 Å². The van der Waals surface area contributed by atoms with Gasteiger partial charge in [0.05, 0.1) is 12.1 Å². The van der Waals surface area contributed by atoms with Crippen LogP contribution in [0.4, 0.5) is 0 Å². The topological polar surface area (TPSA) is 66.6 Å². The summed E-state index contributed by atoms with van der Waals surface area (Å²) in [7, 11) is 0. The van der Waals surface area contributed by atoms with Crippen molar-refractivity contribution in [3.63, 3.8) is 0 Å². The third-order valence-electron chi connectivity index (χ3n) is 7.18. The summed E-state index contributed by atoms with van der Waals surface area (Å²) in [6.07, 6.45) is 6.69. The first kappa shape index (κ1) is 17.0. The molecule has 2 atom stereocenters. The summed E-state index contributed by atoms with van der Waals surface area (Å²) in [6, 6.07) is 7.87. The molecule has 2 fully saturated rings. The Bertz CT molecular complexity index is 658. The smallest absolute Gasteiger partial charge is 0.228 e. The Hall–Kier alpha value is -1.39. The molecule has 2 aliphatic carbocycles. The van der Waals surface area contributed by atoms with Gasteiger partial charge in [-0.15, -0.1) is 0 Å². The number of piperidine rings is 1. The van der Waals surface area contributed by atoms with Gasteiger partial charge in [0.15, 0.2) is 0 Å². The van der Waals surface area contributed by atoms with Gasteiger partial charge in [-0.05, 0) is 36.8 Å². The summed E-state index contributed by atoms with van der Waals surface area (Å²) < 4.78 is 0. The number of benzene rings is 1. The van der Waals surface area contributed by atoms with Crippen molar-refractivity contribution in [3.05, 3.63) is 35.4 Å². The van der Waals surface area contributed by atoms with E-state index in [4.69, 9.17) is 5.73 Å². The maximum atomic E-state index is 13.1. The van der Waals surface area contributed by atoms with Crippen LogP contribution in [0, 0.1) is 5.41 Å². The van der Waals surface area contributed by atoms with E-state index in [0.717, 1.165) is 44.3 Å². The minimum absolute atomic E-state index is 0.175. The van der Waals surface area contributed by atoms with Gasteiger partial charge in [0.2, 0.25) is 5.91 Å². The summed E-state index contributed by atoms with van der Waals surface area (Å²) in [5.41, 5.74) is 8.12. The molecule has 0 bridgehead atoms. The number of carbonyl (C=O) groups excluding carboxylic acids is 1. The zero-order valence-electron chi connectivity index (χ0n) is 15.2. The highest BCUT2D eigenvalue weighted by Gasteiger charge is 2.52. The Morgan fingerprint density at radius 3 is 2.44 bits per heavy atom. The monoisotopic (exact) mass is 342 g/mol. The lowest BCUT2D eigenvalue weighted by Crippen LogP contribution is -2.53. The van der Waals surface area contributed by atoms with Crippen molar-refractivity contribution in [3.8, 4) is 0 Å². The van der Waals surface area contributed by atoms with E-state index in [9.17, 15) is 9.90 Å². The summed E-state index contributed by atoms with van der Waals surface area (Å²) in [6.45, 7) is 3.60. The van der Waals surface area contributed by atoms with Gasteiger partial charge in [-0.25, -0.2) is 0 Å². The first-order valence-corrected chi connectivity index (χ1v) is 9.80. The summed E-state index contributed by atoms with van der Waals surface area (Å²) >= 11 is 0. The van der Waals surface area contributed by atoms with Gasteiger partial charge in [-0.3, -0.25) is 4.79 Å². The maximum Gasteiger partial charge on any atom is 0.228 e. The molecule has 0 aromatic heterocycles. The van der Waals surface area contributed by atoms with Crippen LogP contribution in [0.15, 0.2) is 24.3 Å². The molecule has 3 N–H and O–H groups in total. The van der Waals surface area contributed by atoms with Crippen LogP contribution in [0.1, 0.15) is 69.0 Å². The van der Waals surface area contributed by atoms with E-state index < -0.39 is 6.10 Å². The van der Waals surface area contributed by atoms with Crippen molar-refractivity contribution in [1.29, 1.82) is 0 Å². The number of likely N-dealkylation sites (tertiary alicyclic amines) is 1. The van der Waals surface area contributed by atoms with Crippen LogP contribution in [0.25, 0.3) is 0 Å². The van der Waals surface area contributed by atoms with Crippen LogP contribution in [0.2, 0.25) is 0 Å². The van der Waals surface area contributed by atoms with E-state index in [-0.39, 0.29) is 16.9 Å². The molecule has 4 rings (SSSR count). The molecule has 1 heterocycles. The van der Waals surface area contributed by atoms with E-state index in [1.807, 2.05) is 18.2 Å². The van der Waals surface area contributed by atoms with Gasteiger partial charge in [0.1, 0.15) is 0 Å². The van der Waals surface area contributed by atoms with Crippen LogP contribution in [-0.4, -0.2) is 35.1 Å². The van der Waals surface area contributed by atoms with Gasteiger partial charge in [0, 0.05) is 23.9 Å². The average molecular weight is 342 g/mol. The van der Waals surface area contributed by atoms with E-state index >= 15 is 0 Å². The van der Waals surface area contributed by atoms with E-state index in [1.54, 1.807) is 0 Å². The summed E-state index contributed by atoms with van der Waals surface area (Å²) in [5, 5.41) is 10.9. The normalized spacial score (nSPS) is 30.3. The van der Waals surface area contributed by atoms with Crippen LogP contribution < -0.4 is 5.73 Å². The minimum Gasteiger partial charge on any atom is -0.390 e. The van der Waals surface area contributed by atoms with Crippen molar-refractivity contribution < 1.29 is 9.90 Å². The quantitative estimate of drug-likeness (QED) is 0.825. The molecule has 1 saturated carbocycles.